The van der Waals surface area contributed by atoms with Crippen molar-refractivity contribution in [2.45, 2.75) is 0 Å². The Morgan fingerprint density at radius 1 is 0.375 bits per heavy atom. The lowest BCUT2D eigenvalue weighted by Crippen LogP contribution is -2.00. The molecule has 0 atom stereocenters. The zero-order chi connectivity index (χ0) is 26.7. The highest BCUT2D eigenvalue weighted by Gasteiger charge is 2.15. The van der Waals surface area contributed by atoms with Crippen LogP contribution in [0, 0.1) is 0 Å². The van der Waals surface area contributed by atoms with Gasteiger partial charge in [-0.3, -0.25) is 4.98 Å². The molecule has 4 nitrogen and oxygen atoms in total. The Morgan fingerprint density at radius 3 is 1.50 bits per heavy atom. The Kier molecular flexibility index (Phi) is 6.11. The topological polar surface area (TPSA) is 51.6 Å². The first-order valence-electron chi connectivity index (χ1n) is 13.2. The lowest BCUT2D eigenvalue weighted by Gasteiger charge is -2.14. The van der Waals surface area contributed by atoms with E-state index in [-0.39, 0.29) is 0 Å². The molecule has 0 spiro atoms. The molecule has 0 aliphatic carbocycles. The quantitative estimate of drug-likeness (QED) is 0.231. The highest BCUT2D eigenvalue weighted by molar-refractivity contribution is 6.04. The van der Waals surface area contributed by atoms with Gasteiger partial charge >= 0.3 is 0 Å². The van der Waals surface area contributed by atoms with Gasteiger partial charge in [-0.05, 0) is 33.5 Å². The minimum Gasteiger partial charge on any atom is -0.264 e. The molecule has 2 heterocycles. The molecule has 0 unspecified atom stereocenters. The molecule has 0 aliphatic heterocycles. The van der Waals surface area contributed by atoms with Crippen molar-refractivity contribution in [1.82, 2.24) is 19.9 Å². The third-order valence-corrected chi connectivity index (χ3v) is 7.03. The van der Waals surface area contributed by atoms with Crippen molar-refractivity contribution >= 4 is 10.8 Å². The zero-order valence-electron chi connectivity index (χ0n) is 21.6. The lowest BCUT2D eigenvalue weighted by atomic mass is 9.90. The molecular weight excluding hydrogens is 488 g/mol. The summed E-state index contributed by atoms with van der Waals surface area (Å²) in [4.78, 5) is 19.0. The molecule has 0 radical (unpaired) electrons. The van der Waals surface area contributed by atoms with E-state index in [1.807, 2.05) is 72.9 Å². The SMILES string of the molecule is c1ccc(-c2nc(-c3ccccc3)nc(-c3ccc(-c4c(-c5cccnc5)ccc5ccccc45)cc3)n2)cc1. The van der Waals surface area contributed by atoms with Gasteiger partial charge in [-0.1, -0.05) is 127 Å². The van der Waals surface area contributed by atoms with Crippen molar-refractivity contribution in [3.05, 3.63) is 146 Å². The maximum absolute atomic E-state index is 4.89. The van der Waals surface area contributed by atoms with Crippen LogP contribution in [0.2, 0.25) is 0 Å². The largest absolute Gasteiger partial charge is 0.264 e. The van der Waals surface area contributed by atoms with Crippen molar-refractivity contribution in [2.75, 3.05) is 0 Å². The van der Waals surface area contributed by atoms with Gasteiger partial charge < -0.3 is 0 Å². The van der Waals surface area contributed by atoms with E-state index in [9.17, 15) is 0 Å². The number of pyridine rings is 1. The van der Waals surface area contributed by atoms with Crippen LogP contribution in [0.4, 0.5) is 0 Å². The van der Waals surface area contributed by atoms with E-state index < -0.39 is 0 Å². The van der Waals surface area contributed by atoms with E-state index in [4.69, 9.17) is 15.0 Å². The van der Waals surface area contributed by atoms with Gasteiger partial charge in [0.05, 0.1) is 0 Å². The van der Waals surface area contributed by atoms with Gasteiger partial charge in [0.15, 0.2) is 17.5 Å². The molecule has 2 aromatic heterocycles. The van der Waals surface area contributed by atoms with E-state index >= 15 is 0 Å². The van der Waals surface area contributed by atoms with Crippen LogP contribution in [-0.2, 0) is 0 Å². The average Bonchev–Trinajstić information content (AvgIpc) is 3.05. The molecule has 4 heteroatoms. The summed E-state index contributed by atoms with van der Waals surface area (Å²) in [6, 6.07) is 45.6. The summed E-state index contributed by atoms with van der Waals surface area (Å²) < 4.78 is 0. The second kappa shape index (κ2) is 10.4. The summed E-state index contributed by atoms with van der Waals surface area (Å²) in [5, 5.41) is 2.40. The smallest absolute Gasteiger partial charge is 0.164 e. The third kappa shape index (κ3) is 4.52. The van der Waals surface area contributed by atoms with Crippen molar-refractivity contribution < 1.29 is 0 Å². The second-order valence-corrected chi connectivity index (χ2v) is 9.57. The van der Waals surface area contributed by atoms with Crippen molar-refractivity contribution in [3.63, 3.8) is 0 Å². The molecule has 7 rings (SSSR count). The Bertz CT molecular complexity index is 1860. The van der Waals surface area contributed by atoms with E-state index in [0.29, 0.717) is 17.5 Å². The minimum atomic E-state index is 0.643. The van der Waals surface area contributed by atoms with Crippen LogP contribution < -0.4 is 0 Å². The number of hydrogen-bond donors (Lipinski definition) is 0. The van der Waals surface area contributed by atoms with Gasteiger partial charge in [-0.25, -0.2) is 15.0 Å². The zero-order valence-corrected chi connectivity index (χ0v) is 21.6. The molecule has 0 amide bonds. The fourth-order valence-electron chi connectivity index (χ4n) is 5.07. The molecule has 7 aromatic rings. The molecule has 0 fully saturated rings. The van der Waals surface area contributed by atoms with Gasteiger partial charge in [0.25, 0.3) is 0 Å². The van der Waals surface area contributed by atoms with Gasteiger partial charge in [0.2, 0.25) is 0 Å². The highest BCUT2D eigenvalue weighted by Crippen LogP contribution is 2.38. The number of benzene rings is 5. The van der Waals surface area contributed by atoms with Crippen LogP contribution in [0.1, 0.15) is 0 Å². The van der Waals surface area contributed by atoms with Gasteiger partial charge in [0.1, 0.15) is 0 Å². The predicted molar refractivity (Wildman–Crippen MR) is 162 cm³/mol. The molecule has 0 saturated heterocycles. The lowest BCUT2D eigenvalue weighted by molar-refractivity contribution is 1.07. The van der Waals surface area contributed by atoms with Crippen LogP contribution in [-0.4, -0.2) is 19.9 Å². The first kappa shape index (κ1) is 23.6. The molecular formula is C36H24N4. The average molecular weight is 513 g/mol. The van der Waals surface area contributed by atoms with Crippen molar-refractivity contribution in [3.8, 4) is 56.4 Å². The second-order valence-electron chi connectivity index (χ2n) is 9.57. The molecule has 0 N–H and O–H groups in total. The first-order valence-corrected chi connectivity index (χ1v) is 13.2. The molecule has 188 valence electrons. The Labute approximate surface area is 232 Å². The summed E-state index contributed by atoms with van der Waals surface area (Å²) in [6.07, 6.45) is 3.73. The number of nitrogens with zero attached hydrogens (tertiary/aromatic N) is 4. The monoisotopic (exact) mass is 512 g/mol. The van der Waals surface area contributed by atoms with Crippen LogP contribution in [0.5, 0.6) is 0 Å². The predicted octanol–water partition coefficient (Wildman–Crippen LogP) is 8.75. The van der Waals surface area contributed by atoms with Crippen LogP contribution in [0.15, 0.2) is 146 Å². The van der Waals surface area contributed by atoms with E-state index in [2.05, 4.69) is 71.7 Å². The van der Waals surface area contributed by atoms with Crippen LogP contribution in [0.25, 0.3) is 67.2 Å². The fraction of sp³-hybridized carbons (Fsp3) is 0. The summed E-state index contributed by atoms with van der Waals surface area (Å²) in [7, 11) is 0. The summed E-state index contributed by atoms with van der Waals surface area (Å²) >= 11 is 0. The van der Waals surface area contributed by atoms with E-state index in [1.54, 1.807) is 6.20 Å². The van der Waals surface area contributed by atoms with Gasteiger partial charge in [-0.2, -0.15) is 0 Å². The Balaban J connectivity index is 1.37. The fourth-order valence-corrected chi connectivity index (χ4v) is 5.07. The first-order chi connectivity index (χ1) is 19.8. The summed E-state index contributed by atoms with van der Waals surface area (Å²) in [6.45, 7) is 0. The van der Waals surface area contributed by atoms with Crippen LogP contribution >= 0.6 is 0 Å². The minimum absolute atomic E-state index is 0.643. The molecule has 5 aromatic carbocycles. The highest BCUT2D eigenvalue weighted by atomic mass is 15.0. The van der Waals surface area contributed by atoms with Crippen LogP contribution in [0.3, 0.4) is 0 Å². The molecule has 0 bridgehead atoms. The maximum Gasteiger partial charge on any atom is 0.164 e. The Hall–Kier alpha value is -5.48. The maximum atomic E-state index is 4.89. The van der Waals surface area contributed by atoms with Crippen molar-refractivity contribution in [2.24, 2.45) is 0 Å². The molecule has 40 heavy (non-hydrogen) atoms. The Morgan fingerprint density at radius 2 is 0.900 bits per heavy atom. The van der Waals surface area contributed by atoms with E-state index in [1.165, 1.54) is 16.3 Å². The van der Waals surface area contributed by atoms with Gasteiger partial charge in [0, 0.05) is 34.6 Å². The summed E-state index contributed by atoms with van der Waals surface area (Å²) in [5.74, 6) is 1.95. The van der Waals surface area contributed by atoms with Gasteiger partial charge in [-0.15, -0.1) is 0 Å². The molecule has 0 saturated carbocycles. The summed E-state index contributed by atoms with van der Waals surface area (Å²) in [5.41, 5.74) is 7.39. The number of rotatable bonds is 5. The number of fused-ring (bicyclic) bond motifs is 1. The normalized spacial score (nSPS) is 11.0. The standard InChI is InChI=1S/C36H24N4/c1-3-11-27(12-4-1)34-38-35(28-13-5-2-6-14-28)40-36(39-34)29-19-17-26(18-20-29)33-31-16-8-7-10-25(31)21-22-32(33)30-15-9-23-37-24-30/h1-24H. The number of hydrogen-bond acceptors (Lipinski definition) is 4. The van der Waals surface area contributed by atoms with Crippen molar-refractivity contribution in [1.29, 1.82) is 0 Å². The molecule has 0 aliphatic rings. The third-order valence-electron chi connectivity index (χ3n) is 7.03. The number of aromatic nitrogens is 4. The van der Waals surface area contributed by atoms with E-state index in [0.717, 1.165) is 33.4 Å².